The van der Waals surface area contributed by atoms with Crippen LogP contribution >= 0.6 is 0 Å². The predicted molar refractivity (Wildman–Crippen MR) is 142 cm³/mol. The van der Waals surface area contributed by atoms with Gasteiger partial charge < -0.3 is 15.0 Å². The van der Waals surface area contributed by atoms with Gasteiger partial charge in [-0.3, -0.25) is 4.98 Å². The minimum atomic E-state index is -0.176. The number of hydrogen-bond acceptors (Lipinski definition) is 7. The van der Waals surface area contributed by atoms with Crippen molar-refractivity contribution >= 4 is 28.4 Å². The summed E-state index contributed by atoms with van der Waals surface area (Å²) in [6.07, 6.45) is 6.75. The second kappa shape index (κ2) is 9.81. The molecule has 6 rings (SSSR count). The summed E-state index contributed by atoms with van der Waals surface area (Å²) in [5.74, 6) is 2.59. The molecule has 5 aromatic rings. The Bertz CT molecular complexity index is 1540. The molecule has 7 nitrogen and oxygen atoms in total. The smallest absolute Gasteiger partial charge is 0.160 e. The van der Waals surface area contributed by atoms with E-state index in [9.17, 15) is 4.39 Å². The summed E-state index contributed by atoms with van der Waals surface area (Å²) in [5, 5.41) is 3.36. The third-order valence-electron chi connectivity index (χ3n) is 6.51. The number of pyridine rings is 2. The lowest BCUT2D eigenvalue weighted by Crippen LogP contribution is -2.24. The molecule has 1 fully saturated rings. The van der Waals surface area contributed by atoms with Crippen LogP contribution in [0, 0.1) is 12.7 Å². The van der Waals surface area contributed by atoms with Crippen LogP contribution in [-0.4, -0.2) is 26.5 Å². The molecule has 4 heterocycles. The van der Waals surface area contributed by atoms with E-state index >= 15 is 0 Å². The van der Waals surface area contributed by atoms with Gasteiger partial charge in [0.2, 0.25) is 0 Å². The van der Waals surface area contributed by atoms with Crippen molar-refractivity contribution in [2.45, 2.75) is 25.8 Å². The number of anilines is 3. The lowest BCUT2D eigenvalue weighted by molar-refractivity contribution is 0.480. The highest BCUT2D eigenvalue weighted by molar-refractivity contribution is 5.88. The fourth-order valence-corrected chi connectivity index (χ4v) is 4.75. The number of aromatic nitrogens is 4. The zero-order valence-corrected chi connectivity index (χ0v) is 20.3. The van der Waals surface area contributed by atoms with E-state index in [1.807, 2.05) is 61.5 Å². The molecule has 1 aliphatic rings. The Balaban J connectivity index is 1.27. The first-order valence-corrected chi connectivity index (χ1v) is 12.2. The number of benzene rings is 2. The molecule has 0 saturated carbocycles. The number of fused-ring (bicyclic) bond motifs is 1. The van der Waals surface area contributed by atoms with Gasteiger partial charge >= 0.3 is 0 Å². The molecule has 0 aliphatic carbocycles. The van der Waals surface area contributed by atoms with Crippen molar-refractivity contribution in [1.29, 1.82) is 0 Å². The van der Waals surface area contributed by atoms with Gasteiger partial charge in [0.1, 0.15) is 35.0 Å². The molecule has 184 valence electrons. The van der Waals surface area contributed by atoms with Crippen molar-refractivity contribution in [2.75, 3.05) is 16.8 Å². The molecule has 3 aromatic heterocycles. The van der Waals surface area contributed by atoms with Gasteiger partial charge in [0.15, 0.2) is 5.82 Å². The Morgan fingerprint density at radius 3 is 2.73 bits per heavy atom. The Hall–Kier alpha value is -4.59. The molecule has 0 radical (unpaired) electrons. The molecule has 0 amide bonds. The second-order valence-corrected chi connectivity index (χ2v) is 9.08. The van der Waals surface area contributed by atoms with Gasteiger partial charge in [-0.2, -0.15) is 0 Å². The van der Waals surface area contributed by atoms with Gasteiger partial charge in [-0.1, -0.05) is 17.7 Å². The normalized spacial score (nSPS) is 15.2. The van der Waals surface area contributed by atoms with Gasteiger partial charge in [-0.15, -0.1) is 0 Å². The van der Waals surface area contributed by atoms with Crippen LogP contribution in [0.25, 0.3) is 11.0 Å². The van der Waals surface area contributed by atoms with Crippen LogP contribution in [0.1, 0.15) is 30.0 Å². The van der Waals surface area contributed by atoms with Crippen LogP contribution in [-0.2, 0) is 0 Å². The molecule has 1 N–H and O–H groups in total. The molecule has 0 bridgehead atoms. The fraction of sp³-hybridized carbons (Fsp3) is 0.172. The number of halogens is 1. The Kier molecular flexibility index (Phi) is 6.06. The van der Waals surface area contributed by atoms with E-state index in [1.165, 1.54) is 6.33 Å². The van der Waals surface area contributed by atoms with E-state index < -0.39 is 0 Å². The number of rotatable bonds is 6. The van der Waals surface area contributed by atoms with Crippen molar-refractivity contribution in [2.24, 2.45) is 0 Å². The van der Waals surface area contributed by atoms with E-state index in [1.54, 1.807) is 24.5 Å². The summed E-state index contributed by atoms with van der Waals surface area (Å²) in [4.78, 5) is 20.0. The maximum absolute atomic E-state index is 14.7. The molecular weight excluding hydrogens is 467 g/mol. The van der Waals surface area contributed by atoms with E-state index in [0.29, 0.717) is 22.8 Å². The van der Waals surface area contributed by atoms with E-state index in [0.717, 1.165) is 47.5 Å². The van der Waals surface area contributed by atoms with Crippen molar-refractivity contribution in [3.8, 4) is 11.5 Å². The molecule has 1 atom stereocenters. The monoisotopic (exact) mass is 492 g/mol. The highest BCUT2D eigenvalue weighted by Crippen LogP contribution is 2.37. The summed E-state index contributed by atoms with van der Waals surface area (Å²) in [6.45, 7) is 2.80. The maximum Gasteiger partial charge on any atom is 0.160 e. The first-order chi connectivity index (χ1) is 18.1. The number of nitrogens with one attached hydrogen (secondary N) is 1. The Morgan fingerprint density at radius 2 is 1.89 bits per heavy atom. The predicted octanol–water partition coefficient (Wildman–Crippen LogP) is 6.74. The third kappa shape index (κ3) is 4.78. The molecule has 8 heteroatoms. The topological polar surface area (TPSA) is 76.1 Å². The van der Waals surface area contributed by atoms with E-state index in [4.69, 9.17) is 9.72 Å². The molecular formula is C29H25FN6O. The Morgan fingerprint density at radius 1 is 1.00 bits per heavy atom. The number of aryl methyl sites for hydroxylation is 1. The highest BCUT2D eigenvalue weighted by atomic mass is 19.1. The molecule has 1 saturated heterocycles. The third-order valence-corrected chi connectivity index (χ3v) is 6.51. The minimum Gasteiger partial charge on any atom is -0.456 e. The van der Waals surface area contributed by atoms with E-state index in [-0.39, 0.29) is 11.9 Å². The summed E-state index contributed by atoms with van der Waals surface area (Å²) in [5.41, 5.74) is 4.00. The number of hydrogen-bond donors (Lipinski definition) is 1. The van der Waals surface area contributed by atoms with Crippen LogP contribution in [0.3, 0.4) is 0 Å². The zero-order valence-electron chi connectivity index (χ0n) is 20.3. The first kappa shape index (κ1) is 22.8. The molecule has 0 spiro atoms. The second-order valence-electron chi connectivity index (χ2n) is 9.08. The number of nitrogens with zero attached hydrogens (tertiary/aromatic N) is 5. The molecule has 1 aliphatic heterocycles. The maximum atomic E-state index is 14.7. The average molecular weight is 493 g/mol. The molecule has 37 heavy (non-hydrogen) atoms. The lowest BCUT2D eigenvalue weighted by Gasteiger charge is -2.27. The first-order valence-electron chi connectivity index (χ1n) is 12.2. The number of ether oxygens (including phenoxy) is 1. The van der Waals surface area contributed by atoms with Crippen molar-refractivity contribution < 1.29 is 9.13 Å². The van der Waals surface area contributed by atoms with Crippen LogP contribution in [0.2, 0.25) is 0 Å². The van der Waals surface area contributed by atoms with Crippen LogP contribution in [0.15, 0.2) is 85.5 Å². The average Bonchev–Trinajstić information content (AvgIpc) is 3.42. The van der Waals surface area contributed by atoms with Crippen LogP contribution in [0.5, 0.6) is 11.5 Å². The molecule has 1 unspecified atom stereocenters. The summed E-state index contributed by atoms with van der Waals surface area (Å²) < 4.78 is 20.6. The van der Waals surface area contributed by atoms with Gasteiger partial charge in [-0.25, -0.2) is 19.3 Å². The largest absolute Gasteiger partial charge is 0.456 e. The van der Waals surface area contributed by atoms with Crippen LogP contribution < -0.4 is 15.0 Å². The van der Waals surface area contributed by atoms with Crippen molar-refractivity contribution in [3.05, 3.63) is 102 Å². The van der Waals surface area contributed by atoms with Crippen molar-refractivity contribution in [3.63, 3.8) is 0 Å². The van der Waals surface area contributed by atoms with Gasteiger partial charge in [-0.05, 0) is 74.4 Å². The van der Waals surface area contributed by atoms with Crippen LogP contribution in [0.4, 0.5) is 21.7 Å². The quantitative estimate of drug-likeness (QED) is 0.281. The SMILES string of the molecule is Cc1ccc(F)c(C2CCCN2c2ccc3ncnc(Nc4ccc(Oc5cccnc5)cc4)c3n2)c1. The summed E-state index contributed by atoms with van der Waals surface area (Å²) in [6, 6.07) is 20.4. The zero-order chi connectivity index (χ0) is 25.2. The lowest BCUT2D eigenvalue weighted by atomic mass is 10.0. The Labute approximate surface area is 214 Å². The van der Waals surface area contributed by atoms with Crippen molar-refractivity contribution in [1.82, 2.24) is 19.9 Å². The van der Waals surface area contributed by atoms with Gasteiger partial charge in [0.25, 0.3) is 0 Å². The standard InChI is InChI=1S/C29H25FN6O/c1-19-6-11-24(30)23(16-19)26-5-3-15-36(26)27-13-12-25-28(35-27)29(33-18-32-25)34-20-7-9-21(10-8-20)37-22-4-2-14-31-17-22/h2,4,6-14,16-18,26H,3,5,15H2,1H3,(H,32,33,34). The van der Waals surface area contributed by atoms with Gasteiger partial charge in [0, 0.05) is 24.0 Å². The van der Waals surface area contributed by atoms with E-state index in [2.05, 4.69) is 25.2 Å². The van der Waals surface area contributed by atoms with Gasteiger partial charge in [0.05, 0.1) is 17.8 Å². The minimum absolute atomic E-state index is 0.0572. The fourth-order valence-electron chi connectivity index (χ4n) is 4.75. The molecule has 2 aromatic carbocycles. The summed E-state index contributed by atoms with van der Waals surface area (Å²) in [7, 11) is 0. The highest BCUT2D eigenvalue weighted by Gasteiger charge is 2.29. The summed E-state index contributed by atoms with van der Waals surface area (Å²) >= 11 is 0.